The molecule has 0 spiro atoms. The first-order valence-electron chi connectivity index (χ1n) is 7.90. The zero-order chi connectivity index (χ0) is 16.0. The zero-order valence-electron chi connectivity index (χ0n) is 13.9. The highest BCUT2D eigenvalue weighted by atomic mass is 19.1. The maximum atomic E-state index is 13.0. The zero-order valence-corrected chi connectivity index (χ0v) is 13.9. The van der Waals surface area contributed by atoms with Crippen LogP contribution < -0.4 is 0 Å². The molecule has 0 aromatic heterocycles. The average molecular weight is 293 g/mol. The normalized spacial score (nSPS) is 13.2. The smallest absolute Gasteiger partial charge is 0.152 e. The molecule has 1 aromatic rings. The molecule has 0 amide bonds. The lowest BCUT2D eigenvalue weighted by molar-refractivity contribution is -0.128. The first-order valence-corrected chi connectivity index (χ1v) is 7.90. The van der Waals surface area contributed by atoms with Crippen molar-refractivity contribution in [3.8, 4) is 0 Å². The van der Waals surface area contributed by atoms with E-state index in [-0.39, 0.29) is 23.6 Å². The predicted octanol–water partition coefficient (Wildman–Crippen LogP) is 4.08. The fraction of sp³-hybridized carbons (Fsp3) is 0.611. The molecule has 0 aliphatic rings. The van der Waals surface area contributed by atoms with Crippen molar-refractivity contribution in [3.05, 3.63) is 35.6 Å². The third-order valence-corrected chi connectivity index (χ3v) is 3.79. The Morgan fingerprint density at radius 1 is 1.14 bits per heavy atom. The molecule has 118 valence electrons. The van der Waals surface area contributed by atoms with Crippen LogP contribution in [-0.4, -0.2) is 29.3 Å². The molecule has 0 heterocycles. The van der Waals surface area contributed by atoms with Gasteiger partial charge in [-0.2, -0.15) is 0 Å². The summed E-state index contributed by atoms with van der Waals surface area (Å²) in [6.07, 6.45) is 1.67. The highest BCUT2D eigenvalue weighted by Gasteiger charge is 2.29. The lowest BCUT2D eigenvalue weighted by Crippen LogP contribution is -2.48. The third-order valence-electron chi connectivity index (χ3n) is 3.79. The van der Waals surface area contributed by atoms with Gasteiger partial charge in [0.2, 0.25) is 0 Å². The lowest BCUT2D eigenvalue weighted by Gasteiger charge is -2.35. The fourth-order valence-electron chi connectivity index (χ4n) is 2.64. The summed E-state index contributed by atoms with van der Waals surface area (Å²) in [4.78, 5) is 14.9. The molecule has 1 atom stereocenters. The predicted molar refractivity (Wildman–Crippen MR) is 85.9 cm³/mol. The van der Waals surface area contributed by atoms with Crippen LogP contribution in [0.15, 0.2) is 24.3 Å². The molecule has 1 aromatic carbocycles. The molecule has 2 nitrogen and oxygen atoms in total. The lowest BCUT2D eigenvalue weighted by atomic mass is 9.93. The Kier molecular flexibility index (Phi) is 7.03. The van der Waals surface area contributed by atoms with Crippen LogP contribution in [0.5, 0.6) is 0 Å². The van der Waals surface area contributed by atoms with Gasteiger partial charge in [0, 0.05) is 12.0 Å². The number of hydrogen-bond acceptors (Lipinski definition) is 2. The number of carbonyl (C=O) groups excluding carboxylic acids is 1. The van der Waals surface area contributed by atoms with E-state index in [1.807, 2.05) is 13.8 Å². The minimum absolute atomic E-state index is 0.00792. The van der Waals surface area contributed by atoms with E-state index >= 15 is 0 Å². The van der Waals surface area contributed by atoms with E-state index in [9.17, 15) is 9.18 Å². The van der Waals surface area contributed by atoms with E-state index in [0.717, 1.165) is 18.5 Å². The van der Waals surface area contributed by atoms with E-state index in [0.29, 0.717) is 12.5 Å². The number of nitrogens with zero attached hydrogens (tertiary/aromatic N) is 1. The number of halogens is 1. The summed E-state index contributed by atoms with van der Waals surface area (Å²) in [6.45, 7) is 11.2. The van der Waals surface area contributed by atoms with Crippen LogP contribution in [0.3, 0.4) is 0 Å². The quantitative estimate of drug-likeness (QED) is 0.719. The largest absolute Gasteiger partial charge is 0.298 e. The van der Waals surface area contributed by atoms with E-state index < -0.39 is 0 Å². The molecule has 0 saturated carbocycles. The van der Waals surface area contributed by atoms with E-state index in [1.54, 1.807) is 12.1 Å². The fourth-order valence-corrected chi connectivity index (χ4v) is 2.64. The number of benzene rings is 1. The Morgan fingerprint density at radius 3 is 2.14 bits per heavy atom. The van der Waals surface area contributed by atoms with E-state index in [1.165, 1.54) is 12.1 Å². The molecule has 0 aliphatic heterocycles. The first kappa shape index (κ1) is 17.8. The van der Waals surface area contributed by atoms with Gasteiger partial charge in [0.1, 0.15) is 5.82 Å². The van der Waals surface area contributed by atoms with Crippen LogP contribution in [0.1, 0.15) is 46.6 Å². The highest BCUT2D eigenvalue weighted by Crippen LogP contribution is 2.17. The van der Waals surface area contributed by atoms with Gasteiger partial charge in [-0.05, 0) is 50.9 Å². The molecule has 0 aliphatic carbocycles. The van der Waals surface area contributed by atoms with Gasteiger partial charge in [-0.15, -0.1) is 0 Å². The van der Waals surface area contributed by atoms with Crippen molar-refractivity contribution in [2.45, 2.75) is 59.5 Å². The molecule has 0 bridgehead atoms. The van der Waals surface area contributed by atoms with E-state index in [2.05, 4.69) is 25.7 Å². The number of Topliss-reactive ketones (excluding diaryl/α,β-unsaturated/α-hetero) is 1. The van der Waals surface area contributed by atoms with Crippen molar-refractivity contribution in [3.63, 3.8) is 0 Å². The first-order chi connectivity index (χ1) is 9.86. The molecule has 1 rings (SSSR count). The molecular formula is C18H28FNO. The summed E-state index contributed by atoms with van der Waals surface area (Å²) in [7, 11) is 0. The standard InChI is InChI=1S/C18H28FNO/c1-6-11-20(14(4)5)17(18(21)13(2)3)12-15-7-9-16(19)10-8-15/h7-10,13-14,17H,6,11-12H2,1-5H3/t17-/m0/s1. The van der Waals surface area contributed by atoms with Crippen LogP contribution in [-0.2, 0) is 11.2 Å². The summed E-state index contributed by atoms with van der Waals surface area (Å²) >= 11 is 0. The summed E-state index contributed by atoms with van der Waals surface area (Å²) in [6, 6.07) is 6.67. The maximum Gasteiger partial charge on any atom is 0.152 e. The average Bonchev–Trinajstić information content (AvgIpc) is 2.43. The third kappa shape index (κ3) is 5.24. The van der Waals surface area contributed by atoms with Crippen molar-refractivity contribution in [2.24, 2.45) is 5.92 Å². The number of carbonyl (C=O) groups is 1. The van der Waals surface area contributed by atoms with Crippen molar-refractivity contribution in [2.75, 3.05) is 6.54 Å². The van der Waals surface area contributed by atoms with Gasteiger partial charge in [-0.25, -0.2) is 4.39 Å². The minimum atomic E-state index is -0.236. The van der Waals surface area contributed by atoms with Gasteiger partial charge >= 0.3 is 0 Å². The molecule has 21 heavy (non-hydrogen) atoms. The van der Waals surface area contributed by atoms with Crippen molar-refractivity contribution in [1.29, 1.82) is 0 Å². The van der Waals surface area contributed by atoms with Crippen LogP contribution >= 0.6 is 0 Å². The summed E-state index contributed by atoms with van der Waals surface area (Å²) in [5.41, 5.74) is 1.01. The second kappa shape index (κ2) is 8.28. The van der Waals surface area contributed by atoms with Crippen LogP contribution in [0.25, 0.3) is 0 Å². The van der Waals surface area contributed by atoms with E-state index in [4.69, 9.17) is 0 Å². The van der Waals surface area contributed by atoms with Gasteiger partial charge in [-0.3, -0.25) is 9.69 Å². The van der Waals surface area contributed by atoms with Crippen molar-refractivity contribution >= 4 is 5.78 Å². The van der Waals surface area contributed by atoms with Crippen molar-refractivity contribution in [1.82, 2.24) is 4.90 Å². The molecule has 0 radical (unpaired) electrons. The summed E-state index contributed by atoms with van der Waals surface area (Å²) in [5, 5.41) is 0. The number of rotatable bonds is 8. The topological polar surface area (TPSA) is 20.3 Å². The van der Waals surface area contributed by atoms with Gasteiger partial charge in [0.05, 0.1) is 6.04 Å². The second-order valence-electron chi connectivity index (χ2n) is 6.24. The maximum absolute atomic E-state index is 13.0. The Bertz CT molecular complexity index is 439. The number of hydrogen-bond donors (Lipinski definition) is 0. The molecule has 0 unspecified atom stereocenters. The molecule has 3 heteroatoms. The minimum Gasteiger partial charge on any atom is -0.298 e. The molecule has 0 saturated heterocycles. The van der Waals surface area contributed by atoms with Gasteiger partial charge < -0.3 is 0 Å². The SMILES string of the molecule is CCCN(C(C)C)[C@@H](Cc1ccc(F)cc1)C(=O)C(C)C. The Morgan fingerprint density at radius 2 is 1.71 bits per heavy atom. The Hall–Kier alpha value is -1.22. The molecule has 0 N–H and O–H groups in total. The summed E-state index contributed by atoms with van der Waals surface area (Å²) < 4.78 is 13.0. The van der Waals surface area contributed by atoms with Crippen LogP contribution in [0.4, 0.5) is 4.39 Å². The second-order valence-corrected chi connectivity index (χ2v) is 6.24. The Balaban J connectivity index is 3.00. The highest BCUT2D eigenvalue weighted by molar-refractivity contribution is 5.86. The molecular weight excluding hydrogens is 265 g/mol. The van der Waals surface area contributed by atoms with Gasteiger partial charge in [0.15, 0.2) is 5.78 Å². The number of ketones is 1. The monoisotopic (exact) mass is 293 g/mol. The van der Waals surface area contributed by atoms with Gasteiger partial charge in [-0.1, -0.05) is 32.9 Å². The summed E-state index contributed by atoms with van der Waals surface area (Å²) in [5.74, 6) is 0.0368. The Labute approximate surface area is 128 Å². The van der Waals surface area contributed by atoms with Crippen LogP contribution in [0, 0.1) is 11.7 Å². The van der Waals surface area contributed by atoms with Crippen LogP contribution in [0.2, 0.25) is 0 Å². The van der Waals surface area contributed by atoms with Crippen molar-refractivity contribution < 1.29 is 9.18 Å². The molecule has 0 fully saturated rings. The van der Waals surface area contributed by atoms with Gasteiger partial charge in [0.25, 0.3) is 0 Å².